The van der Waals surface area contributed by atoms with Gasteiger partial charge >= 0.3 is 0 Å². The number of allylic oxidation sites excluding steroid dienone is 5. The van der Waals surface area contributed by atoms with Crippen molar-refractivity contribution < 1.29 is 53.5 Å². The van der Waals surface area contributed by atoms with Crippen LogP contribution in [0.1, 0.15) is 145 Å². The first-order chi connectivity index (χ1) is 30.7. The highest BCUT2D eigenvalue weighted by Crippen LogP contribution is 2.42. The Morgan fingerprint density at radius 3 is 2.17 bits per heavy atom. The molecule has 0 aromatic carbocycles. The summed E-state index contributed by atoms with van der Waals surface area (Å²) in [6, 6.07) is -0.850. The van der Waals surface area contributed by atoms with Crippen molar-refractivity contribution in [2.24, 2.45) is 53.3 Å². The monoisotopic (exact) mass is 912 g/mol. The first-order valence-corrected chi connectivity index (χ1v) is 24.9. The molecule has 12 heteroatoms. The van der Waals surface area contributed by atoms with E-state index in [9.17, 15) is 39.3 Å². The molecule has 0 spiro atoms. The number of fused-ring (bicyclic) bond motifs is 3. The number of nitrogens with zero attached hydrogens (tertiary/aromatic N) is 1. The fourth-order valence-corrected chi connectivity index (χ4v) is 11.5. The van der Waals surface area contributed by atoms with Gasteiger partial charge in [-0.2, -0.15) is 0 Å². The second-order valence-electron chi connectivity index (χ2n) is 21.1. The number of ether oxygens (including phenoxy) is 3. The number of carbonyl (C=O) groups excluding carboxylic acids is 5. The van der Waals surface area contributed by atoms with E-state index in [0.29, 0.717) is 57.8 Å². The predicted molar refractivity (Wildman–Crippen MR) is 252 cm³/mol. The molecule has 2 bridgehead atoms. The van der Waals surface area contributed by atoms with Crippen LogP contribution in [-0.2, 0) is 38.2 Å². The molecule has 368 valence electrons. The van der Waals surface area contributed by atoms with Gasteiger partial charge in [0.1, 0.15) is 17.5 Å². The number of hydrogen-bond acceptors (Lipinski definition) is 11. The number of Topliss-reactive ketones (excluding diaryl/α,β-unsaturated/α-hetero) is 4. The number of rotatable bonds is 6. The first-order valence-electron chi connectivity index (χ1n) is 24.9. The Balaban J connectivity index is 1.68. The Morgan fingerprint density at radius 1 is 0.785 bits per heavy atom. The van der Waals surface area contributed by atoms with E-state index in [0.717, 1.165) is 24.8 Å². The van der Waals surface area contributed by atoms with Crippen LogP contribution in [0.3, 0.4) is 0 Å². The summed E-state index contributed by atoms with van der Waals surface area (Å²) in [6.07, 6.45) is 14.1. The van der Waals surface area contributed by atoms with Gasteiger partial charge in [-0.15, -0.1) is 0 Å². The van der Waals surface area contributed by atoms with Crippen molar-refractivity contribution in [1.29, 1.82) is 0 Å². The molecule has 4 rings (SSSR count). The fourth-order valence-electron chi connectivity index (χ4n) is 11.5. The van der Waals surface area contributed by atoms with Crippen LogP contribution in [0.2, 0.25) is 0 Å². The summed E-state index contributed by atoms with van der Waals surface area (Å²) in [4.78, 5) is 72.8. The molecule has 4 aliphatic rings. The number of methoxy groups -OCH3 is 3. The van der Waals surface area contributed by atoms with Crippen LogP contribution in [0, 0.1) is 53.3 Å². The van der Waals surface area contributed by atoms with E-state index in [1.807, 2.05) is 71.9 Å². The molecule has 2 heterocycles. The molecule has 2 aliphatic heterocycles. The lowest BCUT2D eigenvalue weighted by molar-refractivity contribution is -0.165. The molecule has 6 unspecified atom stereocenters. The van der Waals surface area contributed by atoms with Crippen LogP contribution in [0.4, 0.5) is 0 Å². The zero-order chi connectivity index (χ0) is 48.2. The van der Waals surface area contributed by atoms with Crippen LogP contribution < -0.4 is 0 Å². The number of ketones is 4. The van der Waals surface area contributed by atoms with Crippen molar-refractivity contribution >= 4 is 29.0 Å². The second-order valence-corrected chi connectivity index (χ2v) is 21.1. The molecule has 65 heavy (non-hydrogen) atoms. The molecule has 1 saturated heterocycles. The summed E-state index contributed by atoms with van der Waals surface area (Å²) >= 11 is 0. The Morgan fingerprint density at radius 2 is 1.49 bits per heavy atom. The Labute approximate surface area is 390 Å². The zero-order valence-corrected chi connectivity index (χ0v) is 41.4. The quantitative estimate of drug-likeness (QED) is 0.224. The van der Waals surface area contributed by atoms with E-state index in [1.165, 1.54) is 12.0 Å². The van der Waals surface area contributed by atoms with Crippen molar-refractivity contribution in [2.75, 3.05) is 27.9 Å². The van der Waals surface area contributed by atoms with Gasteiger partial charge in [-0.05, 0) is 137 Å². The van der Waals surface area contributed by atoms with Crippen LogP contribution in [0.5, 0.6) is 0 Å². The topological polar surface area (TPSA) is 177 Å². The number of aliphatic hydroxyl groups is 3. The largest absolute Gasteiger partial charge is 0.390 e. The number of hydrogen-bond donors (Lipinski definition) is 3. The van der Waals surface area contributed by atoms with Gasteiger partial charge in [0, 0.05) is 52.6 Å². The standard InChI is InChI=1S/C53H85NO11/c1-32-16-12-11-13-17-33(2)46(63-8)28-40-20-19-38(7)53(62,31-40)51(60)52(61)54-23-15-14-18-42(54)45(57)30-41(34(3)26-39-21-22-43(55)47(27-39)64-9)29-44(56)35(4)25-37(6)49(59)50(65-10)48(58)36(5)24-32/h11-13,16-17,32,34-43,46-47,49-50,55,59,62H,14-15,18-31H2,1-10H3/b13-11?,16-12+,33-17?/t32-,34-,35-,36+,37?,38+,39?,40+,41-,42-,43+,46?,47?,49+,50?,53?/m0/s1. The maximum absolute atomic E-state index is 14.6. The van der Waals surface area contributed by atoms with Crippen molar-refractivity contribution in [3.63, 3.8) is 0 Å². The number of piperidine rings is 1. The average molecular weight is 912 g/mol. The molecular weight excluding hydrogens is 827 g/mol. The Kier molecular flexibility index (Phi) is 21.5. The van der Waals surface area contributed by atoms with Crippen LogP contribution in [-0.4, -0.2) is 119 Å². The van der Waals surface area contributed by atoms with Gasteiger partial charge in [-0.3, -0.25) is 24.0 Å². The molecule has 0 radical (unpaired) electrons. The smallest absolute Gasteiger partial charge is 0.293 e. The van der Waals surface area contributed by atoms with Crippen molar-refractivity contribution in [3.8, 4) is 0 Å². The van der Waals surface area contributed by atoms with Gasteiger partial charge in [-0.1, -0.05) is 71.9 Å². The van der Waals surface area contributed by atoms with E-state index in [-0.39, 0.29) is 90.9 Å². The second kappa shape index (κ2) is 25.5. The minimum absolute atomic E-state index is 0.0401. The number of carbonyl (C=O) groups is 5. The molecular formula is C53H85NO11. The van der Waals surface area contributed by atoms with Gasteiger partial charge in [0.25, 0.3) is 11.7 Å². The Hall–Kier alpha value is -2.87. The molecule has 1 amide bonds. The van der Waals surface area contributed by atoms with Gasteiger partial charge in [0.2, 0.25) is 0 Å². The van der Waals surface area contributed by atoms with Crippen LogP contribution >= 0.6 is 0 Å². The molecule has 0 aromatic heterocycles. The molecule has 3 N–H and O–H groups in total. The first kappa shape index (κ1) is 54.7. The van der Waals surface area contributed by atoms with Gasteiger partial charge in [0.15, 0.2) is 11.6 Å². The van der Waals surface area contributed by atoms with E-state index >= 15 is 0 Å². The third-order valence-corrected chi connectivity index (χ3v) is 16.0. The van der Waals surface area contributed by atoms with Gasteiger partial charge < -0.3 is 34.4 Å². The third-order valence-electron chi connectivity index (χ3n) is 16.0. The minimum atomic E-state index is -1.88. The molecule has 12 nitrogen and oxygen atoms in total. The van der Waals surface area contributed by atoms with E-state index < -0.39 is 59.4 Å². The highest BCUT2D eigenvalue weighted by atomic mass is 16.5. The van der Waals surface area contributed by atoms with Gasteiger partial charge in [-0.25, -0.2) is 0 Å². The lowest BCUT2D eigenvalue weighted by atomic mass is 9.67. The molecule has 2 saturated carbocycles. The maximum Gasteiger partial charge on any atom is 0.293 e. The SMILES string of the molecule is COC1C[C@H]2CC[C@@H](C)C(O)(C2)C(=O)C(=O)N2CCCC[C@H]2C(=O)C[C@@H]([C@@H](C)CC2CC[C@@H](O)C(OC)C2)CC(=O)[C@@H](C)CC(C)[C@@H](O)C(OC)C(=O)[C@H](C)C[C@@H](C)/C=C/C=CC=C1C. The van der Waals surface area contributed by atoms with Crippen LogP contribution in [0.25, 0.3) is 0 Å². The molecule has 16 atom stereocenters. The minimum Gasteiger partial charge on any atom is -0.390 e. The highest BCUT2D eigenvalue weighted by Gasteiger charge is 2.51. The maximum atomic E-state index is 14.6. The highest BCUT2D eigenvalue weighted by molar-refractivity contribution is 6.39. The summed E-state index contributed by atoms with van der Waals surface area (Å²) in [5.74, 6) is -4.11. The van der Waals surface area contributed by atoms with E-state index in [2.05, 4.69) is 6.92 Å². The summed E-state index contributed by atoms with van der Waals surface area (Å²) in [5.41, 5.74) is -0.904. The normalized spacial score (nSPS) is 39.7. The van der Waals surface area contributed by atoms with Crippen molar-refractivity contribution in [3.05, 3.63) is 36.0 Å². The summed E-state index contributed by atoms with van der Waals surface area (Å²) < 4.78 is 17.2. The molecule has 3 fully saturated rings. The summed E-state index contributed by atoms with van der Waals surface area (Å²) in [7, 11) is 4.68. The third kappa shape index (κ3) is 14.6. The Bertz CT molecular complexity index is 1690. The van der Waals surface area contributed by atoms with Crippen molar-refractivity contribution in [1.82, 2.24) is 4.90 Å². The number of amides is 1. The van der Waals surface area contributed by atoms with E-state index in [1.54, 1.807) is 14.2 Å². The van der Waals surface area contributed by atoms with E-state index in [4.69, 9.17) is 14.2 Å². The molecule has 2 aliphatic carbocycles. The number of aliphatic hydroxyl groups excluding tert-OH is 2. The summed E-state index contributed by atoms with van der Waals surface area (Å²) in [5, 5.41) is 34.2. The fraction of sp³-hybridized carbons (Fsp3) is 0.792. The lowest BCUT2D eigenvalue weighted by Gasteiger charge is -2.43. The zero-order valence-electron chi connectivity index (χ0n) is 41.4. The molecule has 0 aromatic rings. The predicted octanol–water partition coefficient (Wildman–Crippen LogP) is 7.59. The summed E-state index contributed by atoms with van der Waals surface area (Å²) in [6.45, 7) is 13.7. The van der Waals surface area contributed by atoms with Crippen LogP contribution in [0.15, 0.2) is 36.0 Å². The van der Waals surface area contributed by atoms with Crippen molar-refractivity contribution in [2.45, 2.75) is 187 Å². The lowest BCUT2D eigenvalue weighted by Crippen LogP contribution is -2.59. The average Bonchev–Trinajstić information content (AvgIpc) is 3.28. The van der Waals surface area contributed by atoms with Gasteiger partial charge in [0.05, 0.1) is 30.5 Å².